The van der Waals surface area contributed by atoms with Crippen LogP contribution >= 0.6 is 11.6 Å². The van der Waals surface area contributed by atoms with E-state index in [-0.39, 0.29) is 18.2 Å². The first-order valence-electron chi connectivity index (χ1n) is 13.6. The summed E-state index contributed by atoms with van der Waals surface area (Å²) in [6.07, 6.45) is 1.15. The molecule has 0 fully saturated rings. The number of carbonyl (C=O) groups excluding carboxylic acids is 2. The summed E-state index contributed by atoms with van der Waals surface area (Å²) in [7, 11) is 3.19. The van der Waals surface area contributed by atoms with Crippen LogP contribution in [0.15, 0.2) is 103 Å². The third-order valence-electron chi connectivity index (χ3n) is 6.90. The number of amides is 2. The lowest BCUT2D eigenvalue weighted by Crippen LogP contribution is -2.51. The maximum absolute atomic E-state index is 13.9. The Morgan fingerprint density at radius 2 is 1.37 bits per heavy atom. The van der Waals surface area contributed by atoms with Crippen molar-refractivity contribution < 1.29 is 19.1 Å². The van der Waals surface area contributed by atoms with Crippen molar-refractivity contribution in [1.82, 2.24) is 10.2 Å². The Morgan fingerprint density at radius 3 is 2.00 bits per heavy atom. The van der Waals surface area contributed by atoms with Gasteiger partial charge in [-0.1, -0.05) is 90.5 Å². The van der Waals surface area contributed by atoms with E-state index in [1.165, 1.54) is 0 Å². The number of hydrogen-bond donors (Lipinski definition) is 1. The molecule has 0 aliphatic rings. The summed E-state index contributed by atoms with van der Waals surface area (Å²) < 4.78 is 10.7. The van der Waals surface area contributed by atoms with Gasteiger partial charge in [0, 0.05) is 24.5 Å². The monoisotopic (exact) mass is 570 g/mol. The number of nitrogens with one attached hydrogen (secondary N) is 1. The Hall–Kier alpha value is -4.29. The highest BCUT2D eigenvalue weighted by atomic mass is 35.5. The minimum Gasteiger partial charge on any atom is -0.493 e. The molecule has 0 aromatic heterocycles. The standard InChI is InChI=1S/C34H35ClN2O4/c1-40-31-18-15-27(22-32(31)41-2)19-20-36-34(39)30(21-25-9-5-3-6-10-25)37(24-28-11-7-4-8-12-28)33(38)23-26-13-16-29(35)17-14-26/h3-18,22,30H,19-21,23-24H2,1-2H3,(H,36,39)/t30-/m1/s1. The van der Waals surface area contributed by atoms with Crippen LogP contribution in [0.5, 0.6) is 11.5 Å². The van der Waals surface area contributed by atoms with Crippen LogP contribution in [0.2, 0.25) is 5.02 Å². The lowest BCUT2D eigenvalue weighted by atomic mass is 10.0. The predicted molar refractivity (Wildman–Crippen MR) is 162 cm³/mol. The summed E-state index contributed by atoms with van der Waals surface area (Å²) in [5, 5.41) is 3.70. The van der Waals surface area contributed by atoms with E-state index in [1.807, 2.05) is 91.0 Å². The van der Waals surface area contributed by atoms with Crippen LogP contribution in [0.4, 0.5) is 0 Å². The molecule has 0 spiro atoms. The number of benzene rings is 4. The highest BCUT2D eigenvalue weighted by Gasteiger charge is 2.30. The van der Waals surface area contributed by atoms with Crippen molar-refractivity contribution in [2.24, 2.45) is 0 Å². The van der Waals surface area contributed by atoms with Crippen molar-refractivity contribution in [1.29, 1.82) is 0 Å². The van der Waals surface area contributed by atoms with E-state index in [0.29, 0.717) is 42.5 Å². The molecule has 0 radical (unpaired) electrons. The Kier molecular flexibility index (Phi) is 10.8. The number of methoxy groups -OCH3 is 2. The summed E-state index contributed by atoms with van der Waals surface area (Å²) in [6, 6.07) is 31.8. The number of hydrogen-bond acceptors (Lipinski definition) is 4. The molecule has 1 atom stereocenters. The Bertz CT molecular complexity index is 1410. The van der Waals surface area contributed by atoms with E-state index in [4.69, 9.17) is 21.1 Å². The third kappa shape index (κ3) is 8.60. The fraction of sp³-hybridized carbons (Fsp3) is 0.235. The lowest BCUT2D eigenvalue weighted by molar-refractivity contribution is -0.140. The van der Waals surface area contributed by atoms with Crippen LogP contribution in [0.1, 0.15) is 22.3 Å². The lowest BCUT2D eigenvalue weighted by Gasteiger charge is -2.31. The Balaban J connectivity index is 1.57. The van der Waals surface area contributed by atoms with Gasteiger partial charge in [-0.05, 0) is 52.9 Å². The Labute approximate surface area is 246 Å². The molecule has 0 unspecified atom stereocenters. The van der Waals surface area contributed by atoms with Gasteiger partial charge in [0.25, 0.3) is 0 Å². The van der Waals surface area contributed by atoms with Crippen LogP contribution in [0, 0.1) is 0 Å². The van der Waals surface area contributed by atoms with Crippen molar-refractivity contribution in [2.45, 2.75) is 31.8 Å². The van der Waals surface area contributed by atoms with Gasteiger partial charge in [-0.3, -0.25) is 9.59 Å². The van der Waals surface area contributed by atoms with Crippen LogP contribution in [0.25, 0.3) is 0 Å². The van der Waals surface area contributed by atoms with Gasteiger partial charge in [-0.25, -0.2) is 0 Å². The maximum Gasteiger partial charge on any atom is 0.243 e. The topological polar surface area (TPSA) is 67.9 Å². The molecule has 0 aliphatic heterocycles. The molecule has 0 saturated carbocycles. The fourth-order valence-corrected chi connectivity index (χ4v) is 4.82. The van der Waals surface area contributed by atoms with Gasteiger partial charge in [0.1, 0.15) is 6.04 Å². The zero-order chi connectivity index (χ0) is 29.0. The van der Waals surface area contributed by atoms with Gasteiger partial charge in [0.15, 0.2) is 11.5 Å². The molecule has 6 nitrogen and oxygen atoms in total. The maximum atomic E-state index is 13.9. The van der Waals surface area contributed by atoms with E-state index in [0.717, 1.165) is 22.3 Å². The van der Waals surface area contributed by atoms with E-state index >= 15 is 0 Å². The molecule has 0 heterocycles. The fourth-order valence-electron chi connectivity index (χ4n) is 4.70. The average molecular weight is 571 g/mol. The second kappa shape index (κ2) is 14.9. The molecular formula is C34H35ClN2O4. The SMILES string of the molecule is COc1ccc(CCNC(=O)[C@@H](Cc2ccccc2)N(Cc2ccccc2)C(=O)Cc2ccc(Cl)cc2)cc1OC. The minimum atomic E-state index is -0.706. The molecule has 4 aromatic carbocycles. The van der Waals surface area contributed by atoms with Gasteiger partial charge < -0.3 is 19.7 Å². The zero-order valence-electron chi connectivity index (χ0n) is 23.4. The smallest absolute Gasteiger partial charge is 0.243 e. The van der Waals surface area contributed by atoms with Crippen LogP contribution < -0.4 is 14.8 Å². The summed E-state index contributed by atoms with van der Waals surface area (Å²) in [6.45, 7) is 0.720. The van der Waals surface area contributed by atoms with Gasteiger partial charge in [-0.15, -0.1) is 0 Å². The second-order valence-corrected chi connectivity index (χ2v) is 10.2. The van der Waals surface area contributed by atoms with Gasteiger partial charge in [0.05, 0.1) is 20.6 Å². The van der Waals surface area contributed by atoms with Crippen molar-refractivity contribution in [3.8, 4) is 11.5 Å². The highest BCUT2D eigenvalue weighted by Crippen LogP contribution is 2.27. The molecule has 4 rings (SSSR count). The molecule has 0 aliphatic carbocycles. The normalized spacial score (nSPS) is 11.4. The summed E-state index contributed by atoms with van der Waals surface area (Å²) in [5.41, 5.74) is 3.77. The van der Waals surface area contributed by atoms with Gasteiger partial charge in [0.2, 0.25) is 11.8 Å². The number of carbonyl (C=O) groups is 2. The molecule has 0 bridgehead atoms. The van der Waals surface area contributed by atoms with Crippen LogP contribution in [-0.4, -0.2) is 43.5 Å². The number of nitrogens with zero attached hydrogens (tertiary/aromatic N) is 1. The van der Waals surface area contributed by atoms with E-state index < -0.39 is 6.04 Å². The summed E-state index contributed by atoms with van der Waals surface area (Å²) in [5.74, 6) is 0.959. The first-order valence-corrected chi connectivity index (χ1v) is 13.9. The largest absolute Gasteiger partial charge is 0.493 e. The molecule has 212 valence electrons. The predicted octanol–water partition coefficient (Wildman–Crippen LogP) is 5.90. The van der Waals surface area contributed by atoms with E-state index in [9.17, 15) is 9.59 Å². The zero-order valence-corrected chi connectivity index (χ0v) is 24.1. The molecular weight excluding hydrogens is 536 g/mol. The molecule has 0 saturated heterocycles. The third-order valence-corrected chi connectivity index (χ3v) is 7.15. The van der Waals surface area contributed by atoms with Crippen molar-refractivity contribution in [3.63, 3.8) is 0 Å². The second-order valence-electron chi connectivity index (χ2n) is 9.75. The number of halogens is 1. The van der Waals surface area contributed by atoms with E-state index in [2.05, 4.69) is 5.32 Å². The van der Waals surface area contributed by atoms with Crippen LogP contribution in [-0.2, 0) is 35.4 Å². The highest BCUT2D eigenvalue weighted by molar-refractivity contribution is 6.30. The van der Waals surface area contributed by atoms with Crippen molar-refractivity contribution >= 4 is 23.4 Å². The quantitative estimate of drug-likeness (QED) is 0.217. The van der Waals surface area contributed by atoms with Crippen molar-refractivity contribution in [3.05, 3.63) is 130 Å². The van der Waals surface area contributed by atoms with Gasteiger partial charge >= 0.3 is 0 Å². The van der Waals surface area contributed by atoms with E-state index in [1.54, 1.807) is 31.3 Å². The van der Waals surface area contributed by atoms with Gasteiger partial charge in [-0.2, -0.15) is 0 Å². The van der Waals surface area contributed by atoms with Crippen LogP contribution in [0.3, 0.4) is 0 Å². The molecule has 2 amide bonds. The number of rotatable bonds is 13. The number of ether oxygens (including phenoxy) is 2. The van der Waals surface area contributed by atoms with Crippen molar-refractivity contribution in [2.75, 3.05) is 20.8 Å². The Morgan fingerprint density at radius 1 is 0.756 bits per heavy atom. The average Bonchev–Trinajstić information content (AvgIpc) is 3.00. The molecule has 4 aromatic rings. The minimum absolute atomic E-state index is 0.132. The first kappa shape index (κ1) is 29.7. The first-order chi connectivity index (χ1) is 20.0. The molecule has 1 N–H and O–H groups in total. The summed E-state index contributed by atoms with van der Waals surface area (Å²) in [4.78, 5) is 29.4. The molecule has 41 heavy (non-hydrogen) atoms. The molecule has 7 heteroatoms. The summed E-state index contributed by atoms with van der Waals surface area (Å²) >= 11 is 6.06.